The van der Waals surface area contributed by atoms with Crippen LogP contribution in [0.5, 0.6) is 0 Å². The summed E-state index contributed by atoms with van der Waals surface area (Å²) in [4.78, 5) is 0. The van der Waals surface area contributed by atoms with Crippen molar-refractivity contribution in [3.8, 4) is 0 Å². The number of hydrogen-bond acceptors (Lipinski definition) is 3. The summed E-state index contributed by atoms with van der Waals surface area (Å²) in [7, 11) is 0. The molecule has 4 heteroatoms. The molecule has 0 amide bonds. The van der Waals surface area contributed by atoms with Crippen LogP contribution in [-0.4, -0.2) is 22.0 Å². The predicted octanol–water partition coefficient (Wildman–Crippen LogP) is 2.04. The number of aromatic amines is 1. The van der Waals surface area contributed by atoms with Crippen molar-refractivity contribution in [2.45, 2.75) is 45.1 Å². The van der Waals surface area contributed by atoms with E-state index in [1.54, 1.807) is 0 Å². The van der Waals surface area contributed by atoms with Gasteiger partial charge in [-0.2, -0.15) is 15.4 Å². The van der Waals surface area contributed by atoms with Gasteiger partial charge in [-0.1, -0.05) is 32.6 Å². The van der Waals surface area contributed by atoms with Crippen molar-refractivity contribution < 1.29 is 0 Å². The topological polar surface area (TPSA) is 53.6 Å². The molecule has 0 aromatic carbocycles. The Morgan fingerprint density at radius 3 is 2.93 bits per heavy atom. The maximum Gasteiger partial charge on any atom is 0.0993 e. The molecule has 1 aromatic heterocycles. The molecular formula is C11H20N4. The van der Waals surface area contributed by atoms with Gasteiger partial charge in [-0.15, -0.1) is 0 Å². The molecule has 1 fully saturated rings. The second-order valence-electron chi connectivity index (χ2n) is 4.39. The molecule has 15 heavy (non-hydrogen) atoms. The maximum atomic E-state index is 4.18. The molecule has 1 aliphatic rings. The van der Waals surface area contributed by atoms with Crippen LogP contribution in [0, 0.1) is 5.92 Å². The molecule has 2 rings (SSSR count). The molecular weight excluding hydrogens is 188 g/mol. The van der Waals surface area contributed by atoms with Crippen LogP contribution in [0.2, 0.25) is 0 Å². The highest BCUT2D eigenvalue weighted by atomic mass is 15.3. The lowest BCUT2D eigenvalue weighted by Crippen LogP contribution is -2.23. The van der Waals surface area contributed by atoms with Crippen LogP contribution in [0.3, 0.4) is 0 Å². The fraction of sp³-hybridized carbons (Fsp3) is 0.818. The van der Waals surface area contributed by atoms with Crippen molar-refractivity contribution in [3.05, 3.63) is 11.9 Å². The molecule has 2 N–H and O–H groups in total. The van der Waals surface area contributed by atoms with E-state index in [4.69, 9.17) is 0 Å². The van der Waals surface area contributed by atoms with Crippen LogP contribution < -0.4 is 5.32 Å². The fourth-order valence-corrected chi connectivity index (χ4v) is 2.51. The normalized spacial score (nSPS) is 19.5. The Kier molecular flexibility index (Phi) is 3.72. The van der Waals surface area contributed by atoms with Crippen molar-refractivity contribution in [2.24, 2.45) is 5.92 Å². The van der Waals surface area contributed by atoms with E-state index < -0.39 is 0 Å². The minimum absolute atomic E-state index is 0.386. The van der Waals surface area contributed by atoms with Gasteiger partial charge in [0.1, 0.15) is 0 Å². The lowest BCUT2D eigenvalue weighted by atomic mass is 9.97. The van der Waals surface area contributed by atoms with E-state index in [9.17, 15) is 0 Å². The second kappa shape index (κ2) is 5.26. The summed E-state index contributed by atoms with van der Waals surface area (Å²) in [6, 6.07) is 0.386. The third-order valence-electron chi connectivity index (χ3n) is 3.28. The molecule has 0 spiro atoms. The molecule has 1 aliphatic carbocycles. The van der Waals surface area contributed by atoms with Crippen LogP contribution in [0.15, 0.2) is 6.20 Å². The van der Waals surface area contributed by atoms with Crippen molar-refractivity contribution in [3.63, 3.8) is 0 Å². The maximum absolute atomic E-state index is 4.18. The molecule has 1 heterocycles. The van der Waals surface area contributed by atoms with Gasteiger partial charge >= 0.3 is 0 Å². The highest BCUT2D eigenvalue weighted by Crippen LogP contribution is 2.32. The molecule has 4 nitrogen and oxygen atoms in total. The van der Waals surface area contributed by atoms with Crippen LogP contribution >= 0.6 is 0 Å². The molecule has 1 atom stereocenters. The lowest BCUT2D eigenvalue weighted by molar-refractivity contribution is 0.394. The molecule has 0 aliphatic heterocycles. The average Bonchev–Trinajstić information content (AvgIpc) is 2.89. The Bertz CT molecular complexity index is 264. The zero-order valence-electron chi connectivity index (χ0n) is 9.37. The molecule has 0 saturated heterocycles. The number of nitrogens with one attached hydrogen (secondary N) is 2. The smallest absolute Gasteiger partial charge is 0.0993 e. The summed E-state index contributed by atoms with van der Waals surface area (Å²) in [6.45, 7) is 3.13. The molecule has 84 valence electrons. The van der Waals surface area contributed by atoms with E-state index in [0.29, 0.717) is 6.04 Å². The van der Waals surface area contributed by atoms with E-state index in [1.807, 2.05) is 6.20 Å². The third-order valence-corrected chi connectivity index (χ3v) is 3.28. The van der Waals surface area contributed by atoms with Gasteiger partial charge in [-0.05, 0) is 18.9 Å². The summed E-state index contributed by atoms with van der Waals surface area (Å²) in [6.07, 6.45) is 8.63. The molecule has 1 saturated carbocycles. The first-order valence-electron chi connectivity index (χ1n) is 5.99. The summed E-state index contributed by atoms with van der Waals surface area (Å²) in [5.74, 6) is 0.880. The van der Waals surface area contributed by atoms with Gasteiger partial charge in [0.05, 0.1) is 17.9 Å². The van der Waals surface area contributed by atoms with Crippen LogP contribution in [0.4, 0.5) is 0 Å². The second-order valence-corrected chi connectivity index (χ2v) is 4.39. The Balaban J connectivity index is 1.93. The number of H-pyrrole nitrogens is 1. The standard InChI is InChI=1S/C11H20N4/c1-2-12-10(11-8-13-15-14-11)7-9-5-3-4-6-9/h8-10,12H,2-7H2,1H3,(H,13,14,15). The zero-order valence-corrected chi connectivity index (χ0v) is 9.37. The van der Waals surface area contributed by atoms with Crippen molar-refractivity contribution in [1.29, 1.82) is 0 Å². The minimum atomic E-state index is 0.386. The molecule has 1 aromatic rings. The summed E-state index contributed by atoms with van der Waals surface area (Å²) in [5, 5.41) is 14.2. The fourth-order valence-electron chi connectivity index (χ4n) is 2.51. The van der Waals surface area contributed by atoms with E-state index in [1.165, 1.54) is 32.1 Å². The Morgan fingerprint density at radius 2 is 2.33 bits per heavy atom. The number of hydrogen-bond donors (Lipinski definition) is 2. The minimum Gasteiger partial charge on any atom is -0.309 e. The van der Waals surface area contributed by atoms with Gasteiger partial charge < -0.3 is 5.32 Å². The van der Waals surface area contributed by atoms with E-state index in [0.717, 1.165) is 18.2 Å². The monoisotopic (exact) mass is 208 g/mol. The van der Waals surface area contributed by atoms with Gasteiger partial charge in [-0.25, -0.2) is 0 Å². The van der Waals surface area contributed by atoms with Crippen LogP contribution in [0.25, 0.3) is 0 Å². The lowest BCUT2D eigenvalue weighted by Gasteiger charge is -2.18. The van der Waals surface area contributed by atoms with Gasteiger partial charge in [0, 0.05) is 0 Å². The largest absolute Gasteiger partial charge is 0.309 e. The summed E-state index contributed by atoms with van der Waals surface area (Å²) in [5.41, 5.74) is 1.06. The number of nitrogens with zero attached hydrogens (tertiary/aromatic N) is 2. The van der Waals surface area contributed by atoms with Crippen molar-refractivity contribution >= 4 is 0 Å². The highest BCUT2D eigenvalue weighted by Gasteiger charge is 2.21. The van der Waals surface area contributed by atoms with E-state index in [-0.39, 0.29) is 0 Å². The first-order valence-corrected chi connectivity index (χ1v) is 5.99. The highest BCUT2D eigenvalue weighted by molar-refractivity contribution is 5.00. The average molecular weight is 208 g/mol. The van der Waals surface area contributed by atoms with Crippen LogP contribution in [-0.2, 0) is 0 Å². The summed E-state index contributed by atoms with van der Waals surface area (Å²) >= 11 is 0. The Labute approximate surface area is 90.8 Å². The van der Waals surface area contributed by atoms with Gasteiger partial charge in [0.25, 0.3) is 0 Å². The number of aromatic nitrogens is 3. The number of rotatable bonds is 5. The Morgan fingerprint density at radius 1 is 1.53 bits per heavy atom. The molecule has 0 bridgehead atoms. The first kappa shape index (κ1) is 10.6. The Hall–Kier alpha value is -0.900. The van der Waals surface area contributed by atoms with E-state index >= 15 is 0 Å². The van der Waals surface area contributed by atoms with Gasteiger partial charge in [-0.3, -0.25) is 0 Å². The van der Waals surface area contributed by atoms with Crippen molar-refractivity contribution in [1.82, 2.24) is 20.7 Å². The van der Waals surface area contributed by atoms with Crippen molar-refractivity contribution in [2.75, 3.05) is 6.54 Å². The molecule has 0 radical (unpaired) electrons. The zero-order chi connectivity index (χ0) is 10.5. The first-order chi connectivity index (χ1) is 7.40. The summed E-state index contributed by atoms with van der Waals surface area (Å²) < 4.78 is 0. The quantitative estimate of drug-likeness (QED) is 0.778. The van der Waals surface area contributed by atoms with E-state index in [2.05, 4.69) is 27.7 Å². The van der Waals surface area contributed by atoms with Crippen LogP contribution in [0.1, 0.15) is 50.8 Å². The van der Waals surface area contributed by atoms with Gasteiger partial charge in [0.15, 0.2) is 0 Å². The van der Waals surface area contributed by atoms with Gasteiger partial charge in [0.2, 0.25) is 0 Å². The SMILES string of the molecule is CCNC(CC1CCCC1)c1cn[nH]n1. The predicted molar refractivity (Wildman–Crippen MR) is 59.4 cm³/mol. The third kappa shape index (κ3) is 2.78. The molecule has 1 unspecified atom stereocenters.